The van der Waals surface area contributed by atoms with Gasteiger partial charge in [0.1, 0.15) is 0 Å². The van der Waals surface area contributed by atoms with E-state index in [1.54, 1.807) is 5.57 Å². The molecule has 1 fully saturated rings. The maximum absolute atomic E-state index is 9.87. The molecule has 0 spiro atoms. The minimum atomic E-state index is -0.0788. The smallest absolute Gasteiger partial charge is 0.0548 e. The summed E-state index contributed by atoms with van der Waals surface area (Å²) in [5.74, 6) is 0. The van der Waals surface area contributed by atoms with Gasteiger partial charge in [-0.1, -0.05) is 25.0 Å². The van der Waals surface area contributed by atoms with Crippen molar-refractivity contribution in [3.8, 4) is 0 Å². The third-order valence-electron chi connectivity index (χ3n) is 5.29. The van der Waals surface area contributed by atoms with Crippen molar-refractivity contribution in [1.29, 1.82) is 0 Å². The normalized spacial score (nSPS) is 48.2. The van der Waals surface area contributed by atoms with E-state index in [2.05, 4.69) is 27.7 Å². The first-order valence-electron chi connectivity index (χ1n) is 5.78. The van der Waals surface area contributed by atoms with Crippen LogP contribution in [0.4, 0.5) is 0 Å². The number of rotatable bonds is 0. The van der Waals surface area contributed by atoms with Crippen molar-refractivity contribution in [3.05, 3.63) is 11.1 Å². The van der Waals surface area contributed by atoms with Gasteiger partial charge >= 0.3 is 0 Å². The summed E-state index contributed by atoms with van der Waals surface area (Å²) in [5.41, 5.74) is 3.75. The number of aliphatic hydroxyl groups excluding tert-OH is 1. The highest BCUT2D eigenvalue weighted by atomic mass is 16.3. The summed E-state index contributed by atoms with van der Waals surface area (Å²) in [4.78, 5) is 0. The fourth-order valence-electron chi connectivity index (χ4n) is 3.70. The van der Waals surface area contributed by atoms with Crippen molar-refractivity contribution in [2.24, 2.45) is 10.8 Å². The Kier molecular flexibility index (Phi) is 2.08. The van der Waals surface area contributed by atoms with Crippen molar-refractivity contribution in [2.45, 2.75) is 59.5 Å². The van der Waals surface area contributed by atoms with Gasteiger partial charge in [-0.05, 0) is 50.4 Å². The van der Waals surface area contributed by atoms with E-state index in [4.69, 9.17) is 0 Å². The van der Waals surface area contributed by atoms with Crippen LogP contribution in [0.5, 0.6) is 0 Å². The van der Waals surface area contributed by atoms with Gasteiger partial charge in [0.05, 0.1) is 6.10 Å². The van der Waals surface area contributed by atoms with Crippen LogP contribution in [0.15, 0.2) is 11.1 Å². The molecule has 2 rings (SSSR count). The Balaban J connectivity index is 2.39. The molecule has 0 amide bonds. The minimum absolute atomic E-state index is 0.0788. The quantitative estimate of drug-likeness (QED) is 0.587. The van der Waals surface area contributed by atoms with Gasteiger partial charge in [0.2, 0.25) is 0 Å². The van der Waals surface area contributed by atoms with Crippen molar-refractivity contribution in [2.75, 3.05) is 0 Å². The van der Waals surface area contributed by atoms with E-state index in [0.717, 1.165) is 12.8 Å². The zero-order valence-corrected chi connectivity index (χ0v) is 9.85. The number of aliphatic hydroxyl groups is 1. The lowest BCUT2D eigenvalue weighted by Crippen LogP contribution is -2.49. The van der Waals surface area contributed by atoms with Gasteiger partial charge in [-0.15, -0.1) is 0 Å². The molecule has 2 aliphatic rings. The molecule has 0 aromatic heterocycles. The number of fused-ring (bicyclic) bond motifs is 1. The minimum Gasteiger partial charge on any atom is -0.393 e. The monoisotopic (exact) mass is 194 g/mol. The highest BCUT2D eigenvalue weighted by molar-refractivity contribution is 5.40. The van der Waals surface area contributed by atoms with E-state index in [9.17, 15) is 5.11 Å². The summed E-state index contributed by atoms with van der Waals surface area (Å²) in [6.07, 6.45) is 4.31. The van der Waals surface area contributed by atoms with Gasteiger partial charge in [-0.3, -0.25) is 0 Å². The fourth-order valence-corrected chi connectivity index (χ4v) is 3.70. The summed E-state index contributed by atoms with van der Waals surface area (Å²) in [7, 11) is 0. The second kappa shape index (κ2) is 2.85. The Hall–Kier alpha value is -0.300. The van der Waals surface area contributed by atoms with Crippen LogP contribution in [0.1, 0.15) is 53.4 Å². The first-order chi connectivity index (χ1) is 6.42. The van der Waals surface area contributed by atoms with Crippen LogP contribution < -0.4 is 0 Å². The fraction of sp³-hybridized carbons (Fsp3) is 0.846. The highest BCUT2D eigenvalue weighted by Crippen LogP contribution is 2.65. The van der Waals surface area contributed by atoms with Crippen LogP contribution in [0, 0.1) is 10.8 Å². The molecule has 1 nitrogen and oxygen atoms in total. The average molecular weight is 194 g/mol. The predicted molar refractivity (Wildman–Crippen MR) is 59.1 cm³/mol. The number of hydrogen-bond acceptors (Lipinski definition) is 1. The lowest BCUT2D eigenvalue weighted by molar-refractivity contribution is 0.0452. The Morgan fingerprint density at radius 2 is 1.71 bits per heavy atom. The molecule has 3 atom stereocenters. The van der Waals surface area contributed by atoms with E-state index < -0.39 is 0 Å². The van der Waals surface area contributed by atoms with Crippen molar-refractivity contribution < 1.29 is 5.11 Å². The molecule has 0 radical (unpaired) electrons. The zero-order chi connectivity index (χ0) is 10.6. The molecule has 2 aliphatic carbocycles. The lowest BCUT2D eigenvalue weighted by atomic mass is 9.46. The molecule has 0 heterocycles. The third-order valence-corrected chi connectivity index (χ3v) is 5.29. The second-order valence-corrected chi connectivity index (χ2v) is 5.66. The maximum atomic E-state index is 9.87. The third kappa shape index (κ3) is 0.995. The Labute approximate surface area is 87.2 Å². The molecule has 0 aromatic rings. The molecule has 1 saturated carbocycles. The van der Waals surface area contributed by atoms with Crippen LogP contribution in [0.25, 0.3) is 0 Å². The summed E-state index contributed by atoms with van der Waals surface area (Å²) in [5, 5.41) is 9.87. The maximum Gasteiger partial charge on any atom is 0.0548 e. The lowest BCUT2D eigenvalue weighted by Gasteiger charge is -2.58. The molecular formula is C13H22O. The Morgan fingerprint density at radius 3 is 2.36 bits per heavy atom. The first-order valence-corrected chi connectivity index (χ1v) is 5.78. The van der Waals surface area contributed by atoms with Gasteiger partial charge in [-0.25, -0.2) is 0 Å². The summed E-state index contributed by atoms with van der Waals surface area (Å²) < 4.78 is 0. The topological polar surface area (TPSA) is 20.2 Å². The van der Waals surface area contributed by atoms with Crippen molar-refractivity contribution in [3.63, 3.8) is 0 Å². The molecular weight excluding hydrogens is 172 g/mol. The van der Waals surface area contributed by atoms with Gasteiger partial charge in [0.15, 0.2) is 0 Å². The summed E-state index contributed by atoms with van der Waals surface area (Å²) in [6, 6.07) is 0. The SMILES string of the molecule is CC1=C(C)[C@@]2(C)CCCC(O)C[C@@]12C. The van der Waals surface area contributed by atoms with Gasteiger partial charge in [0, 0.05) is 0 Å². The van der Waals surface area contributed by atoms with E-state index >= 15 is 0 Å². The molecule has 0 bridgehead atoms. The summed E-state index contributed by atoms with van der Waals surface area (Å²) >= 11 is 0. The Morgan fingerprint density at radius 1 is 1.14 bits per heavy atom. The molecule has 1 N–H and O–H groups in total. The predicted octanol–water partition coefficient (Wildman–Crippen LogP) is 3.28. The van der Waals surface area contributed by atoms with Crippen LogP contribution in [0.2, 0.25) is 0 Å². The molecule has 1 heteroatoms. The largest absolute Gasteiger partial charge is 0.393 e. The van der Waals surface area contributed by atoms with Crippen LogP contribution in [0.3, 0.4) is 0 Å². The Bertz CT molecular complexity index is 292. The van der Waals surface area contributed by atoms with E-state index in [1.165, 1.54) is 18.4 Å². The van der Waals surface area contributed by atoms with E-state index in [-0.39, 0.29) is 11.5 Å². The van der Waals surface area contributed by atoms with Crippen LogP contribution >= 0.6 is 0 Å². The van der Waals surface area contributed by atoms with Crippen molar-refractivity contribution in [1.82, 2.24) is 0 Å². The van der Waals surface area contributed by atoms with Gasteiger partial charge in [0.25, 0.3) is 0 Å². The molecule has 0 aromatic carbocycles. The average Bonchev–Trinajstić information content (AvgIpc) is 2.23. The van der Waals surface area contributed by atoms with Crippen LogP contribution in [-0.2, 0) is 0 Å². The summed E-state index contributed by atoms with van der Waals surface area (Å²) in [6.45, 7) is 9.24. The second-order valence-electron chi connectivity index (χ2n) is 5.66. The zero-order valence-electron chi connectivity index (χ0n) is 9.85. The van der Waals surface area contributed by atoms with E-state index in [1.807, 2.05) is 0 Å². The molecule has 0 aliphatic heterocycles. The highest BCUT2D eigenvalue weighted by Gasteiger charge is 2.56. The number of hydrogen-bond donors (Lipinski definition) is 1. The molecule has 0 saturated heterocycles. The van der Waals surface area contributed by atoms with Crippen molar-refractivity contribution >= 4 is 0 Å². The van der Waals surface area contributed by atoms with Gasteiger partial charge < -0.3 is 5.11 Å². The molecule has 1 unspecified atom stereocenters. The molecule has 80 valence electrons. The standard InChI is InChI=1S/C13H22O/c1-9-10(2)13(4)8-11(14)6-5-7-12(9,13)3/h11,14H,5-8H2,1-4H3/t11?,12-,13+/m1/s1. The number of allylic oxidation sites excluding steroid dienone is 2. The van der Waals surface area contributed by atoms with E-state index in [0.29, 0.717) is 5.41 Å². The first kappa shape index (κ1) is 10.2. The molecule has 14 heavy (non-hydrogen) atoms. The van der Waals surface area contributed by atoms with Crippen LogP contribution in [-0.4, -0.2) is 11.2 Å². The van der Waals surface area contributed by atoms with Gasteiger partial charge in [-0.2, -0.15) is 0 Å².